The highest BCUT2D eigenvalue weighted by Crippen LogP contribution is 2.38. The van der Waals surface area contributed by atoms with Crippen molar-refractivity contribution in [1.29, 1.82) is 0 Å². The molecule has 0 bridgehead atoms. The highest BCUT2D eigenvalue weighted by molar-refractivity contribution is 6.58. The van der Waals surface area contributed by atoms with Crippen LogP contribution in [0.4, 0.5) is 37.7 Å². The molecule has 0 fully saturated rings. The topological polar surface area (TPSA) is 26.2 Å². The van der Waals surface area contributed by atoms with Gasteiger partial charge >= 0.3 is 12.4 Å². The number of methoxy groups -OCH3 is 1. The summed E-state index contributed by atoms with van der Waals surface area (Å²) in [5.41, 5.74) is 5.98. The van der Waals surface area contributed by atoms with Crippen LogP contribution in [0.3, 0.4) is 0 Å². The van der Waals surface area contributed by atoms with Crippen LogP contribution in [-0.2, 0) is 12.4 Å². The molecule has 6 aromatic rings. The van der Waals surface area contributed by atoms with Gasteiger partial charge < -0.3 is 14.6 Å². The fourth-order valence-electron chi connectivity index (χ4n) is 5.48. The number of allylic oxidation sites excluding steroid dienone is 1. The van der Waals surface area contributed by atoms with E-state index in [4.69, 9.17) is 27.9 Å². The van der Waals surface area contributed by atoms with Crippen LogP contribution in [0.5, 0.6) is 5.75 Å². The molecule has 0 atom stereocenters. The van der Waals surface area contributed by atoms with Gasteiger partial charge in [-0.1, -0.05) is 59.6 Å². The predicted molar refractivity (Wildman–Crippen MR) is 190 cm³/mol. The van der Waals surface area contributed by atoms with E-state index in [0.717, 1.165) is 63.3 Å². The second kappa shape index (κ2) is 14.9. The number of rotatable bonds is 6. The van der Waals surface area contributed by atoms with Crippen molar-refractivity contribution >= 4 is 51.1 Å². The first-order chi connectivity index (χ1) is 23.7. The van der Waals surface area contributed by atoms with Crippen LogP contribution in [0.25, 0.3) is 33.4 Å². The molecule has 0 spiro atoms. The lowest BCUT2D eigenvalue weighted by Crippen LogP contribution is -2.05. The van der Waals surface area contributed by atoms with Crippen molar-refractivity contribution < 1.29 is 31.1 Å². The van der Waals surface area contributed by atoms with Gasteiger partial charge in [0.2, 0.25) is 0 Å². The molecule has 5 aromatic carbocycles. The number of hydrogen-bond acceptors (Lipinski definition) is 2. The van der Waals surface area contributed by atoms with Gasteiger partial charge in [-0.05, 0) is 115 Å². The Bertz CT molecular complexity index is 2110. The van der Waals surface area contributed by atoms with Crippen molar-refractivity contribution in [1.82, 2.24) is 4.57 Å². The summed E-state index contributed by atoms with van der Waals surface area (Å²) >= 11 is 11.6. The molecule has 0 unspecified atom stereocenters. The van der Waals surface area contributed by atoms with Crippen LogP contribution in [0.2, 0.25) is 0 Å². The van der Waals surface area contributed by atoms with Crippen molar-refractivity contribution in [3.05, 3.63) is 148 Å². The van der Waals surface area contributed by atoms with E-state index in [1.165, 1.54) is 24.3 Å². The number of alkyl halides is 6. The van der Waals surface area contributed by atoms with Crippen molar-refractivity contribution in [2.45, 2.75) is 26.2 Å². The number of nitrogens with one attached hydrogen (secondary N) is 1. The summed E-state index contributed by atoms with van der Waals surface area (Å²) in [6, 6.07) is 32.9. The molecule has 0 saturated heterocycles. The first-order valence-corrected chi connectivity index (χ1v) is 15.9. The van der Waals surface area contributed by atoms with Crippen molar-refractivity contribution in [3.8, 4) is 22.7 Å². The summed E-state index contributed by atoms with van der Waals surface area (Å²) in [5, 5.41) is 4.13. The average Bonchev–Trinajstić information content (AvgIpc) is 3.40. The number of aryl methyl sites for hydroxylation is 1. The lowest BCUT2D eigenvalue weighted by molar-refractivity contribution is -0.138. The Morgan fingerprint density at radius 1 is 0.680 bits per heavy atom. The number of nitrogens with zero attached hydrogens (tertiary/aromatic N) is 1. The van der Waals surface area contributed by atoms with Gasteiger partial charge in [0, 0.05) is 28.0 Å². The van der Waals surface area contributed by atoms with E-state index >= 15 is 0 Å². The van der Waals surface area contributed by atoms with Crippen LogP contribution in [0, 0.1) is 6.92 Å². The molecule has 0 saturated carbocycles. The minimum Gasteiger partial charge on any atom is -0.497 e. The van der Waals surface area contributed by atoms with Crippen molar-refractivity contribution in [2.24, 2.45) is 0 Å². The molecule has 6 rings (SSSR count). The lowest BCUT2D eigenvalue weighted by atomic mass is 10.1. The summed E-state index contributed by atoms with van der Waals surface area (Å²) < 4.78 is 84.0. The number of ether oxygens (including phenoxy) is 1. The smallest absolute Gasteiger partial charge is 0.416 e. The number of aromatic nitrogens is 1. The standard InChI is InChI=1S/C23H18F3NO.C16H12Cl2F3N/c1-15-20-5-3-4-6-21(20)27(18-11-9-17(10-12-18)23(24,25)26)22(15)16-7-13-19(28-2)14-8-16;1-10(15(17)18)13-4-2-3-5-14(13)22-12-8-6-11(7-9-12)16(19,20)21/h3-14H,1-2H3;2-9,22H,1H3. The summed E-state index contributed by atoms with van der Waals surface area (Å²) in [6.07, 6.45) is -8.70. The van der Waals surface area contributed by atoms with Gasteiger partial charge in [-0.2, -0.15) is 26.3 Å². The molecule has 50 heavy (non-hydrogen) atoms. The van der Waals surface area contributed by atoms with E-state index in [1.807, 2.05) is 78.2 Å². The summed E-state index contributed by atoms with van der Waals surface area (Å²) in [7, 11) is 1.61. The second-order valence-electron chi connectivity index (χ2n) is 11.2. The van der Waals surface area contributed by atoms with Gasteiger partial charge in [0.1, 0.15) is 10.2 Å². The maximum absolute atomic E-state index is 13.0. The number of benzene rings is 5. The van der Waals surface area contributed by atoms with E-state index in [-0.39, 0.29) is 4.49 Å². The number of halogens is 8. The number of anilines is 2. The van der Waals surface area contributed by atoms with Gasteiger partial charge in [-0.25, -0.2) is 0 Å². The monoisotopic (exact) mass is 726 g/mol. The Hall–Kier alpha value is -4.86. The molecular weight excluding hydrogens is 697 g/mol. The highest BCUT2D eigenvalue weighted by atomic mass is 35.5. The van der Waals surface area contributed by atoms with E-state index in [0.29, 0.717) is 22.6 Å². The molecule has 0 aliphatic carbocycles. The van der Waals surface area contributed by atoms with Gasteiger partial charge in [0.25, 0.3) is 0 Å². The Morgan fingerprint density at radius 3 is 1.78 bits per heavy atom. The van der Waals surface area contributed by atoms with Gasteiger partial charge in [-0.3, -0.25) is 0 Å². The predicted octanol–water partition coefficient (Wildman–Crippen LogP) is 13.2. The molecule has 11 heteroatoms. The molecule has 3 nitrogen and oxygen atoms in total. The van der Waals surface area contributed by atoms with Crippen LogP contribution in [0.15, 0.2) is 126 Å². The first kappa shape index (κ1) is 36.4. The average molecular weight is 728 g/mol. The third kappa shape index (κ3) is 8.12. The molecule has 0 radical (unpaired) electrons. The SMILES string of the molecule is CC(=C(Cl)Cl)c1ccccc1Nc1ccc(C(F)(F)F)cc1.COc1ccc(-c2c(C)c3ccccc3n2-c2ccc(C(F)(F)F)cc2)cc1. The summed E-state index contributed by atoms with van der Waals surface area (Å²) in [5.74, 6) is 0.749. The van der Waals surface area contributed by atoms with Gasteiger partial charge in [0.05, 0.1) is 29.4 Å². The van der Waals surface area contributed by atoms with Gasteiger partial charge in [-0.15, -0.1) is 0 Å². The lowest BCUT2D eigenvalue weighted by Gasteiger charge is -2.14. The van der Waals surface area contributed by atoms with E-state index in [9.17, 15) is 26.3 Å². The zero-order chi connectivity index (χ0) is 36.2. The Morgan fingerprint density at radius 2 is 1.22 bits per heavy atom. The zero-order valence-electron chi connectivity index (χ0n) is 26.9. The zero-order valence-corrected chi connectivity index (χ0v) is 28.4. The number of para-hydroxylation sites is 2. The van der Waals surface area contributed by atoms with E-state index in [2.05, 4.69) is 5.32 Å². The minimum absolute atomic E-state index is 0.140. The number of fused-ring (bicyclic) bond motifs is 1. The van der Waals surface area contributed by atoms with Gasteiger partial charge in [0.15, 0.2) is 0 Å². The Kier molecular flexibility index (Phi) is 10.9. The second-order valence-corrected chi connectivity index (χ2v) is 12.2. The summed E-state index contributed by atoms with van der Waals surface area (Å²) in [4.78, 5) is 0. The molecular formula is C39H30Cl2F6N2O. The van der Waals surface area contributed by atoms with E-state index < -0.39 is 23.5 Å². The molecule has 258 valence electrons. The molecule has 1 heterocycles. The molecule has 1 N–H and O–H groups in total. The van der Waals surface area contributed by atoms with Crippen LogP contribution in [0.1, 0.15) is 29.2 Å². The normalized spacial score (nSPS) is 11.5. The number of hydrogen-bond donors (Lipinski definition) is 1. The minimum atomic E-state index is -4.36. The fourth-order valence-corrected chi connectivity index (χ4v) is 5.69. The molecule has 0 amide bonds. The maximum Gasteiger partial charge on any atom is 0.416 e. The fraction of sp³-hybridized carbons (Fsp3) is 0.128. The third-order valence-corrected chi connectivity index (χ3v) is 8.62. The van der Waals surface area contributed by atoms with Crippen molar-refractivity contribution in [3.63, 3.8) is 0 Å². The van der Waals surface area contributed by atoms with Crippen LogP contribution < -0.4 is 10.1 Å². The Balaban J connectivity index is 0.000000201. The summed E-state index contributed by atoms with van der Waals surface area (Å²) in [6.45, 7) is 3.80. The molecule has 1 aromatic heterocycles. The first-order valence-electron chi connectivity index (χ1n) is 15.2. The molecule has 0 aliphatic rings. The quantitative estimate of drug-likeness (QED) is 0.173. The highest BCUT2D eigenvalue weighted by Gasteiger charge is 2.31. The van der Waals surface area contributed by atoms with E-state index in [1.54, 1.807) is 20.1 Å². The van der Waals surface area contributed by atoms with Crippen LogP contribution >= 0.6 is 23.2 Å². The maximum atomic E-state index is 13.0. The van der Waals surface area contributed by atoms with Crippen LogP contribution in [-0.4, -0.2) is 11.7 Å². The Labute approximate surface area is 295 Å². The third-order valence-electron chi connectivity index (χ3n) is 8.05. The largest absolute Gasteiger partial charge is 0.497 e. The van der Waals surface area contributed by atoms with Crippen molar-refractivity contribution in [2.75, 3.05) is 12.4 Å². The molecule has 0 aliphatic heterocycles.